The molecule has 0 aliphatic rings. The van der Waals surface area contributed by atoms with Gasteiger partial charge in [0, 0.05) is 12.0 Å². The van der Waals surface area contributed by atoms with E-state index in [1.807, 2.05) is 6.92 Å². The van der Waals surface area contributed by atoms with Crippen LogP contribution in [0.15, 0.2) is 18.2 Å². The molecular formula is C12H14F2O2. The Morgan fingerprint density at radius 2 is 2.00 bits per heavy atom. The van der Waals surface area contributed by atoms with E-state index >= 15 is 0 Å². The van der Waals surface area contributed by atoms with E-state index in [0.29, 0.717) is 18.4 Å². The van der Waals surface area contributed by atoms with Gasteiger partial charge in [0.1, 0.15) is 5.75 Å². The molecule has 88 valence electrons. The van der Waals surface area contributed by atoms with Crippen molar-refractivity contribution in [2.24, 2.45) is 0 Å². The average Bonchev–Trinajstić information content (AvgIpc) is 2.26. The van der Waals surface area contributed by atoms with Gasteiger partial charge in [0.05, 0.1) is 0 Å². The zero-order valence-corrected chi connectivity index (χ0v) is 9.30. The zero-order valence-electron chi connectivity index (χ0n) is 9.30. The van der Waals surface area contributed by atoms with Crippen LogP contribution in [-0.4, -0.2) is 12.4 Å². The third kappa shape index (κ3) is 3.29. The minimum atomic E-state index is -2.86. The SMILES string of the molecule is CCC(=O)c1cc(CC)cc(OC(F)F)c1. The van der Waals surface area contributed by atoms with E-state index in [2.05, 4.69) is 4.74 Å². The van der Waals surface area contributed by atoms with Crippen LogP contribution in [-0.2, 0) is 6.42 Å². The van der Waals surface area contributed by atoms with E-state index < -0.39 is 6.61 Å². The molecule has 0 saturated heterocycles. The summed E-state index contributed by atoms with van der Waals surface area (Å²) < 4.78 is 28.4. The molecule has 1 aromatic carbocycles. The van der Waals surface area contributed by atoms with Crippen molar-refractivity contribution in [3.05, 3.63) is 29.3 Å². The fourth-order valence-electron chi connectivity index (χ4n) is 1.40. The Bertz CT molecular complexity index is 375. The van der Waals surface area contributed by atoms with Crippen molar-refractivity contribution in [1.82, 2.24) is 0 Å². The van der Waals surface area contributed by atoms with Crippen LogP contribution in [0.5, 0.6) is 5.75 Å². The number of rotatable bonds is 5. The molecule has 0 aromatic heterocycles. The first-order valence-corrected chi connectivity index (χ1v) is 5.18. The molecule has 0 spiro atoms. The number of hydrogen-bond donors (Lipinski definition) is 0. The maximum atomic E-state index is 12.1. The molecule has 4 heteroatoms. The number of ketones is 1. The number of aryl methyl sites for hydroxylation is 1. The fraction of sp³-hybridized carbons (Fsp3) is 0.417. The molecule has 0 aliphatic heterocycles. The Morgan fingerprint density at radius 1 is 1.31 bits per heavy atom. The molecule has 0 N–H and O–H groups in total. The summed E-state index contributed by atoms with van der Waals surface area (Å²) in [5, 5.41) is 0. The maximum absolute atomic E-state index is 12.1. The van der Waals surface area contributed by atoms with Gasteiger partial charge in [0.25, 0.3) is 0 Å². The molecule has 0 atom stereocenters. The normalized spacial score (nSPS) is 10.6. The zero-order chi connectivity index (χ0) is 12.1. The summed E-state index contributed by atoms with van der Waals surface area (Å²) >= 11 is 0. The van der Waals surface area contributed by atoms with Crippen molar-refractivity contribution in [1.29, 1.82) is 0 Å². The van der Waals surface area contributed by atoms with Crippen LogP contribution in [0.3, 0.4) is 0 Å². The quantitative estimate of drug-likeness (QED) is 0.721. The van der Waals surface area contributed by atoms with Gasteiger partial charge >= 0.3 is 6.61 Å². The Hall–Kier alpha value is -1.45. The van der Waals surface area contributed by atoms with E-state index in [9.17, 15) is 13.6 Å². The van der Waals surface area contributed by atoms with Crippen LogP contribution < -0.4 is 4.74 Å². The van der Waals surface area contributed by atoms with Gasteiger partial charge in [-0.15, -0.1) is 0 Å². The van der Waals surface area contributed by atoms with Gasteiger partial charge in [-0.2, -0.15) is 8.78 Å². The monoisotopic (exact) mass is 228 g/mol. The first-order valence-electron chi connectivity index (χ1n) is 5.18. The van der Waals surface area contributed by atoms with Crippen molar-refractivity contribution in [2.75, 3.05) is 0 Å². The molecule has 0 radical (unpaired) electrons. The van der Waals surface area contributed by atoms with Crippen molar-refractivity contribution in [3.8, 4) is 5.75 Å². The van der Waals surface area contributed by atoms with Crippen LogP contribution in [0, 0.1) is 0 Å². The molecule has 2 nitrogen and oxygen atoms in total. The second-order valence-electron chi connectivity index (χ2n) is 3.37. The summed E-state index contributed by atoms with van der Waals surface area (Å²) in [5.41, 5.74) is 1.24. The maximum Gasteiger partial charge on any atom is 0.387 e. The molecule has 0 saturated carbocycles. The Morgan fingerprint density at radius 3 is 2.50 bits per heavy atom. The van der Waals surface area contributed by atoms with E-state index in [4.69, 9.17) is 0 Å². The highest BCUT2D eigenvalue weighted by molar-refractivity contribution is 5.96. The Kier molecular flexibility index (Phi) is 4.40. The van der Waals surface area contributed by atoms with E-state index in [1.54, 1.807) is 13.0 Å². The highest BCUT2D eigenvalue weighted by Crippen LogP contribution is 2.20. The summed E-state index contributed by atoms with van der Waals surface area (Å²) in [7, 11) is 0. The predicted molar refractivity (Wildman–Crippen MR) is 57.1 cm³/mol. The largest absolute Gasteiger partial charge is 0.435 e. The van der Waals surface area contributed by atoms with Crippen molar-refractivity contribution in [3.63, 3.8) is 0 Å². The van der Waals surface area contributed by atoms with Gasteiger partial charge < -0.3 is 4.74 Å². The number of carbonyl (C=O) groups is 1. The van der Waals surface area contributed by atoms with Crippen LogP contribution in [0.1, 0.15) is 36.2 Å². The average molecular weight is 228 g/mol. The number of Topliss-reactive ketones (excluding diaryl/α,β-unsaturated/α-hetero) is 1. The standard InChI is InChI=1S/C12H14F2O2/c1-3-8-5-9(11(15)4-2)7-10(6-8)16-12(13)14/h5-7,12H,3-4H2,1-2H3. The second-order valence-corrected chi connectivity index (χ2v) is 3.37. The lowest BCUT2D eigenvalue weighted by Crippen LogP contribution is -2.05. The number of alkyl halides is 2. The van der Waals surface area contributed by atoms with E-state index in [0.717, 1.165) is 5.56 Å². The summed E-state index contributed by atoms with van der Waals surface area (Å²) in [6, 6.07) is 4.60. The molecule has 1 aromatic rings. The summed E-state index contributed by atoms with van der Waals surface area (Å²) in [6.45, 7) is 0.757. The molecule has 0 amide bonds. The first kappa shape index (κ1) is 12.6. The van der Waals surface area contributed by atoms with Crippen LogP contribution in [0.2, 0.25) is 0 Å². The van der Waals surface area contributed by atoms with Gasteiger partial charge in [0.2, 0.25) is 0 Å². The fourth-order valence-corrected chi connectivity index (χ4v) is 1.40. The lowest BCUT2D eigenvalue weighted by Gasteiger charge is -2.08. The van der Waals surface area contributed by atoms with E-state index in [-0.39, 0.29) is 11.5 Å². The van der Waals surface area contributed by atoms with Crippen LogP contribution in [0.25, 0.3) is 0 Å². The molecule has 0 heterocycles. The molecule has 16 heavy (non-hydrogen) atoms. The van der Waals surface area contributed by atoms with Crippen molar-refractivity contribution in [2.45, 2.75) is 33.3 Å². The van der Waals surface area contributed by atoms with Crippen LogP contribution in [0.4, 0.5) is 8.78 Å². The van der Waals surface area contributed by atoms with E-state index in [1.165, 1.54) is 12.1 Å². The summed E-state index contributed by atoms with van der Waals surface area (Å²) in [6.07, 6.45) is 1.02. The molecule has 0 bridgehead atoms. The number of halogens is 2. The molecule has 0 aliphatic carbocycles. The minimum Gasteiger partial charge on any atom is -0.435 e. The molecule has 1 rings (SSSR count). The summed E-state index contributed by atoms with van der Waals surface area (Å²) in [4.78, 5) is 11.5. The van der Waals surface area contributed by atoms with Gasteiger partial charge in [-0.25, -0.2) is 0 Å². The molecule has 0 fully saturated rings. The number of benzene rings is 1. The smallest absolute Gasteiger partial charge is 0.387 e. The lowest BCUT2D eigenvalue weighted by atomic mass is 10.0. The van der Waals surface area contributed by atoms with Gasteiger partial charge in [-0.05, 0) is 30.2 Å². The van der Waals surface area contributed by atoms with Gasteiger partial charge in [-0.1, -0.05) is 13.8 Å². The highest BCUT2D eigenvalue weighted by Gasteiger charge is 2.10. The third-order valence-corrected chi connectivity index (χ3v) is 2.24. The van der Waals surface area contributed by atoms with Crippen molar-refractivity contribution >= 4 is 5.78 Å². The Labute approximate surface area is 93.2 Å². The Balaban J connectivity index is 3.05. The summed E-state index contributed by atoms with van der Waals surface area (Å²) in [5.74, 6) is -0.0273. The predicted octanol–water partition coefficient (Wildman–Crippen LogP) is 3.44. The topological polar surface area (TPSA) is 26.3 Å². The number of carbonyl (C=O) groups excluding carboxylic acids is 1. The highest BCUT2D eigenvalue weighted by atomic mass is 19.3. The number of ether oxygens (including phenoxy) is 1. The number of hydrogen-bond acceptors (Lipinski definition) is 2. The van der Waals surface area contributed by atoms with Gasteiger partial charge in [-0.3, -0.25) is 4.79 Å². The second kappa shape index (κ2) is 5.58. The van der Waals surface area contributed by atoms with Crippen molar-refractivity contribution < 1.29 is 18.3 Å². The molecular weight excluding hydrogens is 214 g/mol. The minimum absolute atomic E-state index is 0.0474. The third-order valence-electron chi connectivity index (χ3n) is 2.24. The van der Waals surface area contributed by atoms with Gasteiger partial charge in [0.15, 0.2) is 5.78 Å². The molecule has 0 unspecified atom stereocenters. The van der Waals surface area contributed by atoms with Crippen LogP contribution >= 0.6 is 0 Å². The first-order chi connectivity index (χ1) is 7.56. The lowest BCUT2D eigenvalue weighted by molar-refractivity contribution is -0.0499.